The second-order valence-corrected chi connectivity index (χ2v) is 20.8. The van der Waals surface area contributed by atoms with Crippen molar-refractivity contribution >= 4 is 46.4 Å². The Hall–Kier alpha value is -8.96. The van der Waals surface area contributed by atoms with Crippen molar-refractivity contribution in [1.82, 2.24) is 19.9 Å². The molecule has 4 nitrogen and oxygen atoms in total. The summed E-state index contributed by atoms with van der Waals surface area (Å²) in [6, 6.07) is 60.4. The fourth-order valence-electron chi connectivity index (χ4n) is 9.87. The van der Waals surface area contributed by atoms with Crippen LogP contribution >= 0.6 is 0 Å². The number of hydrogen-bond donors (Lipinski definition) is 2. The number of nitrogens with one attached hydrogen (secondary N) is 2. The van der Waals surface area contributed by atoms with Crippen LogP contribution in [0.5, 0.6) is 0 Å². The molecule has 0 spiro atoms. The summed E-state index contributed by atoms with van der Waals surface area (Å²) in [4.78, 5) is 19.0. The zero-order valence-electron chi connectivity index (χ0n) is 41.5. The summed E-state index contributed by atoms with van der Waals surface area (Å²) in [6.45, 7) is 13.5. The fraction of sp³-hybridized carbons (Fsp3) is 0.118. The van der Waals surface area contributed by atoms with E-state index in [2.05, 4.69) is 233 Å². The lowest BCUT2D eigenvalue weighted by Crippen LogP contribution is -2.10. The Morgan fingerprint density at radius 2 is 0.528 bits per heavy atom. The van der Waals surface area contributed by atoms with Crippen molar-refractivity contribution in [2.45, 2.75) is 52.4 Å². The lowest BCUT2D eigenvalue weighted by Gasteiger charge is -2.19. The van der Waals surface area contributed by atoms with Crippen LogP contribution in [0.2, 0.25) is 0 Å². The molecule has 0 atom stereocenters. The van der Waals surface area contributed by atoms with Gasteiger partial charge in [-0.2, -0.15) is 0 Å². The molecule has 6 aromatic carbocycles. The second-order valence-electron chi connectivity index (χ2n) is 20.8. The maximum atomic E-state index is 5.70. The smallest absolute Gasteiger partial charge is 0.0737 e. The van der Waals surface area contributed by atoms with E-state index < -0.39 is 0 Å². The van der Waals surface area contributed by atoms with Crippen molar-refractivity contribution in [1.29, 1.82) is 0 Å². The van der Waals surface area contributed by atoms with E-state index in [-0.39, 0.29) is 10.8 Å². The van der Waals surface area contributed by atoms with Gasteiger partial charge in [-0.25, -0.2) is 9.97 Å². The van der Waals surface area contributed by atoms with Gasteiger partial charge in [0.2, 0.25) is 0 Å². The molecule has 2 aliphatic heterocycles. The van der Waals surface area contributed by atoms with Crippen LogP contribution in [0.15, 0.2) is 170 Å². The highest BCUT2D eigenvalue weighted by molar-refractivity contribution is 6.00. The lowest BCUT2D eigenvalue weighted by atomic mass is 9.86. The van der Waals surface area contributed by atoms with Gasteiger partial charge in [-0.3, -0.25) is 0 Å². The molecule has 72 heavy (non-hydrogen) atoms. The molecule has 0 fully saturated rings. The summed E-state index contributed by atoms with van der Waals surface area (Å²) in [5, 5.41) is 0. The maximum Gasteiger partial charge on any atom is 0.0737 e. The Labute approximate surface area is 423 Å². The molecule has 2 N–H and O–H groups in total. The Balaban J connectivity index is 1.21. The van der Waals surface area contributed by atoms with Gasteiger partial charge in [0.15, 0.2) is 0 Å². The van der Waals surface area contributed by atoms with E-state index in [1.165, 1.54) is 11.1 Å². The number of benzene rings is 6. The molecule has 0 aliphatic carbocycles. The van der Waals surface area contributed by atoms with E-state index in [0.717, 1.165) is 123 Å². The first kappa shape index (κ1) is 45.5. The number of hydrogen-bond acceptors (Lipinski definition) is 2. The SMILES string of the molecule is C#Cc1ccc(-c2ccc(-c3c4nc(c(-c5ccc(-c6ccc(C#C)cc6)cc5)c5ccc([nH]5)c(-c5ccc(C(C)(C)C)cc5)c5nc(c(-c6ccc(C(C)(C)C)cc6)c6ccc3[nH]6)C=C5)C=C4)cc2)cc1. The maximum absolute atomic E-state index is 5.70. The molecule has 8 bridgehead atoms. The molecule has 3 aromatic heterocycles. The van der Waals surface area contributed by atoms with Crippen LogP contribution in [0.25, 0.3) is 113 Å². The van der Waals surface area contributed by atoms with Gasteiger partial charge in [-0.15, -0.1) is 12.8 Å². The van der Waals surface area contributed by atoms with Crippen LogP contribution in [0.3, 0.4) is 0 Å². The monoisotopic (exact) mass is 926 g/mol. The zero-order valence-corrected chi connectivity index (χ0v) is 41.5. The van der Waals surface area contributed by atoms with Crippen LogP contribution in [-0.2, 0) is 10.8 Å². The molecule has 4 heteroatoms. The van der Waals surface area contributed by atoms with Gasteiger partial charge in [0.1, 0.15) is 0 Å². The van der Waals surface area contributed by atoms with Gasteiger partial charge in [-0.05, 0) is 139 Å². The largest absolute Gasteiger partial charge is 0.354 e. The first-order valence-electron chi connectivity index (χ1n) is 24.5. The molecule has 5 heterocycles. The van der Waals surface area contributed by atoms with E-state index >= 15 is 0 Å². The van der Waals surface area contributed by atoms with E-state index in [1.807, 2.05) is 24.3 Å². The summed E-state index contributed by atoms with van der Waals surface area (Å²) in [6.07, 6.45) is 20.0. The quantitative estimate of drug-likeness (QED) is 0.163. The highest BCUT2D eigenvalue weighted by Crippen LogP contribution is 2.40. The third kappa shape index (κ3) is 8.70. The van der Waals surface area contributed by atoms with Crippen molar-refractivity contribution in [3.05, 3.63) is 215 Å². The van der Waals surface area contributed by atoms with E-state index in [0.29, 0.717) is 0 Å². The predicted octanol–water partition coefficient (Wildman–Crippen LogP) is 17.2. The third-order valence-corrected chi connectivity index (χ3v) is 14.0. The zero-order chi connectivity index (χ0) is 49.7. The van der Waals surface area contributed by atoms with Gasteiger partial charge < -0.3 is 9.97 Å². The average molecular weight is 927 g/mol. The second kappa shape index (κ2) is 18.1. The highest BCUT2D eigenvalue weighted by atomic mass is 14.8. The van der Waals surface area contributed by atoms with Crippen LogP contribution in [0.1, 0.15) is 86.6 Å². The predicted molar refractivity (Wildman–Crippen MR) is 305 cm³/mol. The Bertz CT molecular complexity index is 3610. The minimum atomic E-state index is 0.00262. The molecule has 0 radical (unpaired) electrons. The Kier molecular flexibility index (Phi) is 11.4. The van der Waals surface area contributed by atoms with Crippen molar-refractivity contribution in [2.24, 2.45) is 0 Å². The number of aromatic amines is 2. The van der Waals surface area contributed by atoms with Gasteiger partial charge in [-0.1, -0.05) is 175 Å². The lowest BCUT2D eigenvalue weighted by molar-refractivity contribution is 0.590. The summed E-state index contributed by atoms with van der Waals surface area (Å²) in [5.74, 6) is 5.47. The number of nitrogens with zero attached hydrogens (tertiary/aromatic N) is 2. The van der Waals surface area contributed by atoms with Crippen molar-refractivity contribution in [3.63, 3.8) is 0 Å². The van der Waals surface area contributed by atoms with Crippen LogP contribution in [0, 0.1) is 24.7 Å². The number of fused-ring (bicyclic) bond motifs is 8. The molecule has 0 saturated carbocycles. The molecule has 0 amide bonds. The van der Waals surface area contributed by atoms with E-state index in [1.54, 1.807) is 0 Å². The number of terminal acetylenes is 2. The fourth-order valence-corrected chi connectivity index (χ4v) is 9.87. The Morgan fingerprint density at radius 1 is 0.306 bits per heavy atom. The van der Waals surface area contributed by atoms with Gasteiger partial charge in [0.25, 0.3) is 0 Å². The molecular formula is C68H54N4. The minimum absolute atomic E-state index is 0.00262. The molecule has 0 saturated heterocycles. The van der Waals surface area contributed by atoms with Crippen LogP contribution < -0.4 is 0 Å². The van der Waals surface area contributed by atoms with Gasteiger partial charge in [0.05, 0.1) is 22.8 Å². The Morgan fingerprint density at radius 3 is 0.764 bits per heavy atom. The van der Waals surface area contributed by atoms with E-state index in [9.17, 15) is 0 Å². The number of H-pyrrole nitrogens is 2. The average Bonchev–Trinajstić information content (AvgIpc) is 4.26. The molecule has 0 unspecified atom stereocenters. The normalized spacial score (nSPS) is 12.2. The first-order chi connectivity index (χ1) is 34.8. The highest BCUT2D eigenvalue weighted by Gasteiger charge is 2.21. The van der Waals surface area contributed by atoms with Crippen molar-refractivity contribution < 1.29 is 0 Å². The van der Waals surface area contributed by atoms with Gasteiger partial charge in [0, 0.05) is 55.4 Å². The first-order valence-corrected chi connectivity index (χ1v) is 24.5. The molecule has 2 aliphatic rings. The molecule has 11 rings (SSSR count). The third-order valence-electron chi connectivity index (χ3n) is 14.0. The number of rotatable bonds is 6. The van der Waals surface area contributed by atoms with Crippen LogP contribution in [0.4, 0.5) is 0 Å². The van der Waals surface area contributed by atoms with Crippen molar-refractivity contribution in [3.8, 4) is 91.4 Å². The van der Waals surface area contributed by atoms with Gasteiger partial charge >= 0.3 is 0 Å². The van der Waals surface area contributed by atoms with Crippen molar-refractivity contribution in [2.75, 3.05) is 0 Å². The molecule has 346 valence electrons. The van der Waals surface area contributed by atoms with Crippen LogP contribution in [-0.4, -0.2) is 19.9 Å². The summed E-state index contributed by atoms with van der Waals surface area (Å²) >= 11 is 0. The topological polar surface area (TPSA) is 57.4 Å². The minimum Gasteiger partial charge on any atom is -0.354 e. The summed E-state index contributed by atoms with van der Waals surface area (Å²) in [7, 11) is 0. The number of aromatic nitrogens is 4. The standard InChI is InChI=1S/C68H54N4/c1-9-43-11-15-45(16-12-43)47-19-23-49(24-20-47)63-55-35-36-56(69-55)64(50-25-21-48(22-26-50)46-17-13-44(10-2)14-18-46)58-38-40-60(71-58)66(52-29-33-54(34-30-52)68(6,7)8)62-42-41-61(72-62)65(59-39-37-57(63)70-59)51-27-31-53(32-28-51)67(3,4)5/h1-2,11-42,70-71H,3-8H3. The molecular weight excluding hydrogens is 873 g/mol. The summed E-state index contributed by atoms with van der Waals surface area (Å²) in [5.41, 5.74) is 24.1. The molecule has 9 aromatic rings. The van der Waals surface area contributed by atoms with E-state index in [4.69, 9.17) is 22.8 Å². The summed E-state index contributed by atoms with van der Waals surface area (Å²) < 4.78 is 0.